The van der Waals surface area contributed by atoms with Crippen LogP contribution in [0.2, 0.25) is 0 Å². The van der Waals surface area contributed by atoms with E-state index in [4.69, 9.17) is 5.26 Å². The molecule has 2 amide bonds. The minimum atomic E-state index is -0.351. The van der Waals surface area contributed by atoms with Gasteiger partial charge in [0, 0.05) is 17.3 Å². The Morgan fingerprint density at radius 3 is 2.45 bits per heavy atom. The lowest BCUT2D eigenvalue weighted by molar-refractivity contribution is -0.115. The zero-order valence-corrected chi connectivity index (χ0v) is 11.2. The van der Waals surface area contributed by atoms with Gasteiger partial charge in [-0.15, -0.1) is 0 Å². The fourth-order valence-electron chi connectivity index (χ4n) is 2.32. The molecule has 2 rings (SSSR count). The van der Waals surface area contributed by atoms with Gasteiger partial charge >= 0.3 is 0 Å². The Morgan fingerprint density at radius 2 is 1.85 bits per heavy atom. The molecule has 5 heteroatoms. The Bertz CT molecular complexity index is 525. The number of hydrogen-bond acceptors (Lipinski definition) is 3. The Balaban J connectivity index is 1.91. The van der Waals surface area contributed by atoms with E-state index in [9.17, 15) is 9.59 Å². The molecule has 2 N–H and O–H groups in total. The second-order valence-electron chi connectivity index (χ2n) is 4.92. The van der Waals surface area contributed by atoms with E-state index < -0.39 is 0 Å². The first-order valence-electron chi connectivity index (χ1n) is 6.77. The van der Waals surface area contributed by atoms with Crippen LogP contribution in [0.3, 0.4) is 0 Å². The molecule has 1 aromatic rings. The summed E-state index contributed by atoms with van der Waals surface area (Å²) in [5, 5.41) is 14.0. The molecule has 1 aliphatic carbocycles. The summed E-state index contributed by atoms with van der Waals surface area (Å²) in [4.78, 5) is 23.2. The molecule has 0 radical (unpaired) electrons. The van der Waals surface area contributed by atoms with E-state index in [-0.39, 0.29) is 24.3 Å². The third-order valence-corrected chi connectivity index (χ3v) is 3.36. The van der Waals surface area contributed by atoms with Gasteiger partial charge in [-0.1, -0.05) is 12.8 Å². The monoisotopic (exact) mass is 271 g/mol. The maximum absolute atomic E-state index is 12.0. The van der Waals surface area contributed by atoms with Crippen molar-refractivity contribution in [1.82, 2.24) is 5.32 Å². The largest absolute Gasteiger partial charge is 0.349 e. The molecule has 104 valence electrons. The van der Waals surface area contributed by atoms with Crippen molar-refractivity contribution in [2.75, 3.05) is 5.32 Å². The lowest BCUT2D eigenvalue weighted by Crippen LogP contribution is -2.32. The smallest absolute Gasteiger partial charge is 0.251 e. The number of nitrogens with one attached hydrogen (secondary N) is 2. The van der Waals surface area contributed by atoms with Gasteiger partial charge < -0.3 is 10.6 Å². The summed E-state index contributed by atoms with van der Waals surface area (Å²) >= 11 is 0. The molecular weight excluding hydrogens is 254 g/mol. The van der Waals surface area contributed by atoms with Crippen LogP contribution in [0.1, 0.15) is 42.5 Å². The number of rotatable bonds is 4. The average molecular weight is 271 g/mol. The Labute approximate surface area is 118 Å². The first kappa shape index (κ1) is 14.1. The van der Waals surface area contributed by atoms with Crippen molar-refractivity contribution in [3.63, 3.8) is 0 Å². The van der Waals surface area contributed by atoms with E-state index in [0.29, 0.717) is 11.3 Å². The summed E-state index contributed by atoms with van der Waals surface area (Å²) in [6.45, 7) is 0. The molecule has 0 aliphatic heterocycles. The van der Waals surface area contributed by atoms with E-state index in [0.717, 1.165) is 12.8 Å². The fraction of sp³-hybridized carbons (Fsp3) is 0.400. The topological polar surface area (TPSA) is 82.0 Å². The van der Waals surface area contributed by atoms with Crippen LogP contribution < -0.4 is 10.6 Å². The molecule has 0 heterocycles. The summed E-state index contributed by atoms with van der Waals surface area (Å²) in [6.07, 6.45) is 4.27. The zero-order chi connectivity index (χ0) is 14.4. The fourth-order valence-corrected chi connectivity index (χ4v) is 2.32. The Kier molecular flexibility index (Phi) is 4.72. The van der Waals surface area contributed by atoms with Crippen molar-refractivity contribution in [1.29, 1.82) is 5.26 Å². The van der Waals surface area contributed by atoms with Gasteiger partial charge in [-0.2, -0.15) is 5.26 Å². The van der Waals surface area contributed by atoms with Gasteiger partial charge in [0.15, 0.2) is 0 Å². The molecule has 1 aliphatic rings. The number of nitriles is 1. The summed E-state index contributed by atoms with van der Waals surface area (Å²) in [7, 11) is 0. The number of carbonyl (C=O) groups excluding carboxylic acids is 2. The Morgan fingerprint density at radius 1 is 1.20 bits per heavy atom. The number of anilines is 1. The average Bonchev–Trinajstić information content (AvgIpc) is 2.92. The molecule has 0 spiro atoms. The van der Waals surface area contributed by atoms with E-state index in [1.165, 1.54) is 12.8 Å². The van der Waals surface area contributed by atoms with Crippen LogP contribution >= 0.6 is 0 Å². The highest BCUT2D eigenvalue weighted by atomic mass is 16.2. The molecule has 0 unspecified atom stereocenters. The molecule has 0 saturated heterocycles. The van der Waals surface area contributed by atoms with E-state index in [1.807, 2.05) is 0 Å². The lowest BCUT2D eigenvalue weighted by atomic mass is 10.1. The van der Waals surface area contributed by atoms with Crippen LogP contribution in [0, 0.1) is 11.3 Å². The third-order valence-electron chi connectivity index (χ3n) is 3.36. The number of hydrogen-bond donors (Lipinski definition) is 2. The van der Waals surface area contributed by atoms with Crippen LogP contribution in [0.4, 0.5) is 5.69 Å². The molecule has 5 nitrogen and oxygen atoms in total. The van der Waals surface area contributed by atoms with Crippen molar-refractivity contribution < 1.29 is 9.59 Å². The first-order valence-corrected chi connectivity index (χ1v) is 6.77. The second kappa shape index (κ2) is 6.71. The maximum atomic E-state index is 12.0. The quantitative estimate of drug-likeness (QED) is 0.880. The molecule has 1 fully saturated rings. The highest BCUT2D eigenvalue weighted by Gasteiger charge is 2.17. The summed E-state index contributed by atoms with van der Waals surface area (Å²) < 4.78 is 0. The van der Waals surface area contributed by atoms with Crippen molar-refractivity contribution in [2.24, 2.45) is 0 Å². The molecular formula is C15H17N3O2. The minimum absolute atomic E-state index is 0.0770. The SMILES string of the molecule is N#CCC(=O)Nc1ccc(C(=O)NC2CCCC2)cc1. The van der Waals surface area contributed by atoms with Crippen molar-refractivity contribution in [3.8, 4) is 6.07 Å². The summed E-state index contributed by atoms with van der Waals surface area (Å²) in [6, 6.07) is 8.75. The Hall–Kier alpha value is -2.35. The standard InChI is InChI=1S/C15H17N3O2/c16-10-9-14(19)17-13-7-5-11(6-8-13)15(20)18-12-3-1-2-4-12/h5-8,12H,1-4,9H2,(H,17,19)(H,18,20). The maximum Gasteiger partial charge on any atom is 0.251 e. The molecule has 1 saturated carbocycles. The minimum Gasteiger partial charge on any atom is -0.349 e. The van der Waals surface area contributed by atoms with Crippen LogP contribution in [0.25, 0.3) is 0 Å². The van der Waals surface area contributed by atoms with Crippen LogP contribution in [0.15, 0.2) is 24.3 Å². The summed E-state index contributed by atoms with van der Waals surface area (Å²) in [5.74, 6) is -0.428. The van der Waals surface area contributed by atoms with Gasteiger partial charge in [0.2, 0.25) is 5.91 Å². The third kappa shape index (κ3) is 3.82. The molecule has 20 heavy (non-hydrogen) atoms. The summed E-state index contributed by atoms with van der Waals surface area (Å²) in [5.41, 5.74) is 1.16. The zero-order valence-electron chi connectivity index (χ0n) is 11.2. The molecule has 0 atom stereocenters. The number of carbonyl (C=O) groups is 2. The molecule has 0 bridgehead atoms. The lowest BCUT2D eigenvalue weighted by Gasteiger charge is -2.12. The van der Waals surface area contributed by atoms with Gasteiger partial charge in [0.1, 0.15) is 6.42 Å². The van der Waals surface area contributed by atoms with E-state index in [2.05, 4.69) is 10.6 Å². The first-order chi connectivity index (χ1) is 9.69. The predicted octanol–water partition coefficient (Wildman–Crippen LogP) is 2.21. The second-order valence-corrected chi connectivity index (χ2v) is 4.92. The van der Waals surface area contributed by atoms with Crippen LogP contribution in [-0.2, 0) is 4.79 Å². The number of nitrogens with zero attached hydrogens (tertiary/aromatic N) is 1. The normalized spacial score (nSPS) is 14.6. The van der Waals surface area contributed by atoms with Crippen LogP contribution in [-0.4, -0.2) is 17.9 Å². The van der Waals surface area contributed by atoms with Crippen molar-refractivity contribution >= 4 is 17.5 Å². The molecule has 1 aromatic carbocycles. The van der Waals surface area contributed by atoms with E-state index >= 15 is 0 Å². The number of amides is 2. The van der Waals surface area contributed by atoms with Gasteiger partial charge in [-0.25, -0.2) is 0 Å². The van der Waals surface area contributed by atoms with Crippen molar-refractivity contribution in [2.45, 2.75) is 38.1 Å². The van der Waals surface area contributed by atoms with Gasteiger partial charge in [-0.05, 0) is 37.1 Å². The van der Waals surface area contributed by atoms with Crippen molar-refractivity contribution in [3.05, 3.63) is 29.8 Å². The van der Waals surface area contributed by atoms with Crippen LogP contribution in [0.5, 0.6) is 0 Å². The van der Waals surface area contributed by atoms with Gasteiger partial charge in [-0.3, -0.25) is 9.59 Å². The van der Waals surface area contributed by atoms with E-state index in [1.54, 1.807) is 30.3 Å². The highest BCUT2D eigenvalue weighted by molar-refractivity contribution is 5.96. The number of benzene rings is 1. The highest BCUT2D eigenvalue weighted by Crippen LogP contribution is 2.18. The predicted molar refractivity (Wildman–Crippen MR) is 75.0 cm³/mol. The molecule has 0 aromatic heterocycles. The van der Waals surface area contributed by atoms with Gasteiger partial charge in [0.05, 0.1) is 6.07 Å². The van der Waals surface area contributed by atoms with Gasteiger partial charge in [0.25, 0.3) is 5.91 Å².